The van der Waals surface area contributed by atoms with Gasteiger partial charge in [0.25, 0.3) is 5.91 Å². The summed E-state index contributed by atoms with van der Waals surface area (Å²) in [7, 11) is 0. The van der Waals surface area contributed by atoms with Crippen molar-refractivity contribution in [1.82, 2.24) is 14.7 Å². The van der Waals surface area contributed by atoms with Crippen LogP contribution >= 0.6 is 0 Å². The van der Waals surface area contributed by atoms with Crippen LogP contribution in [0.15, 0.2) is 11.2 Å². The fourth-order valence-electron chi connectivity index (χ4n) is 2.61. The third-order valence-electron chi connectivity index (χ3n) is 3.66. The Hall–Kier alpha value is -2.05. The standard InChI is InChI=1S/C13H21N5O2/c1-3-18-11(7-9(2)15-18)13(19)17-6-4-5-10(8-17)12(14)16-20/h7,10,20H,3-6,8H2,1-2H3,(H2,14,16). The van der Waals surface area contributed by atoms with Gasteiger partial charge in [-0.25, -0.2) is 0 Å². The number of nitrogens with zero attached hydrogens (tertiary/aromatic N) is 4. The quantitative estimate of drug-likeness (QED) is 0.370. The van der Waals surface area contributed by atoms with Crippen molar-refractivity contribution in [2.45, 2.75) is 33.2 Å². The first-order valence-corrected chi connectivity index (χ1v) is 6.88. The molecular weight excluding hydrogens is 258 g/mol. The molecule has 0 radical (unpaired) electrons. The Morgan fingerprint density at radius 3 is 3.05 bits per heavy atom. The highest BCUT2D eigenvalue weighted by Gasteiger charge is 2.28. The van der Waals surface area contributed by atoms with Crippen molar-refractivity contribution in [3.05, 3.63) is 17.5 Å². The monoisotopic (exact) mass is 279 g/mol. The summed E-state index contributed by atoms with van der Waals surface area (Å²) in [5.74, 6) is 0.0855. The lowest BCUT2D eigenvalue weighted by molar-refractivity contribution is 0.0688. The molecule has 0 bridgehead atoms. The van der Waals surface area contributed by atoms with E-state index in [1.807, 2.05) is 13.8 Å². The average Bonchev–Trinajstić information content (AvgIpc) is 2.86. The zero-order valence-corrected chi connectivity index (χ0v) is 11.9. The molecule has 1 aromatic heterocycles. The van der Waals surface area contributed by atoms with Crippen LogP contribution in [0.25, 0.3) is 0 Å². The highest BCUT2D eigenvalue weighted by molar-refractivity contribution is 5.93. The average molecular weight is 279 g/mol. The van der Waals surface area contributed by atoms with Crippen molar-refractivity contribution < 1.29 is 10.0 Å². The topological polar surface area (TPSA) is 96.7 Å². The highest BCUT2D eigenvalue weighted by Crippen LogP contribution is 2.19. The fourth-order valence-corrected chi connectivity index (χ4v) is 2.61. The third-order valence-corrected chi connectivity index (χ3v) is 3.66. The van der Waals surface area contributed by atoms with Gasteiger partial charge >= 0.3 is 0 Å². The third kappa shape index (κ3) is 2.76. The van der Waals surface area contributed by atoms with E-state index in [9.17, 15) is 4.79 Å². The minimum absolute atomic E-state index is 0.0390. The highest BCUT2D eigenvalue weighted by atomic mass is 16.4. The van der Waals surface area contributed by atoms with Crippen molar-refractivity contribution in [3.63, 3.8) is 0 Å². The van der Waals surface area contributed by atoms with E-state index < -0.39 is 0 Å². The number of oxime groups is 1. The smallest absolute Gasteiger partial charge is 0.272 e. The van der Waals surface area contributed by atoms with E-state index in [0.29, 0.717) is 25.3 Å². The Morgan fingerprint density at radius 2 is 2.40 bits per heavy atom. The maximum atomic E-state index is 12.6. The number of amides is 1. The second-order valence-electron chi connectivity index (χ2n) is 5.10. The molecule has 1 amide bonds. The zero-order chi connectivity index (χ0) is 14.7. The van der Waals surface area contributed by atoms with E-state index in [2.05, 4.69) is 10.3 Å². The van der Waals surface area contributed by atoms with Crippen LogP contribution < -0.4 is 5.73 Å². The Morgan fingerprint density at radius 1 is 1.65 bits per heavy atom. The van der Waals surface area contributed by atoms with Gasteiger partial charge in [-0.1, -0.05) is 5.16 Å². The first-order chi connectivity index (χ1) is 9.56. The number of likely N-dealkylation sites (tertiary alicyclic amines) is 1. The van der Waals surface area contributed by atoms with E-state index in [-0.39, 0.29) is 17.7 Å². The number of nitrogens with two attached hydrogens (primary N) is 1. The number of amidine groups is 1. The molecule has 1 fully saturated rings. The largest absolute Gasteiger partial charge is 0.409 e. The molecule has 110 valence electrons. The SMILES string of the molecule is CCn1nc(C)cc1C(=O)N1CCCC(C(N)=NO)C1. The van der Waals surface area contributed by atoms with Gasteiger partial charge in [-0.2, -0.15) is 5.10 Å². The van der Waals surface area contributed by atoms with E-state index in [1.165, 1.54) is 0 Å². The predicted octanol–water partition coefficient (Wildman–Crippen LogP) is 0.810. The molecule has 0 aromatic carbocycles. The van der Waals surface area contributed by atoms with Crippen molar-refractivity contribution in [2.75, 3.05) is 13.1 Å². The van der Waals surface area contributed by atoms with Gasteiger partial charge < -0.3 is 15.8 Å². The number of aromatic nitrogens is 2. The molecule has 1 aromatic rings. The van der Waals surface area contributed by atoms with Crippen LogP contribution in [0.2, 0.25) is 0 Å². The fraction of sp³-hybridized carbons (Fsp3) is 0.615. The molecule has 2 rings (SSSR count). The van der Waals surface area contributed by atoms with Crippen LogP contribution in [0, 0.1) is 12.8 Å². The Balaban J connectivity index is 2.16. The van der Waals surface area contributed by atoms with E-state index in [0.717, 1.165) is 18.5 Å². The first-order valence-electron chi connectivity index (χ1n) is 6.88. The number of aryl methyl sites for hydroxylation is 2. The zero-order valence-electron chi connectivity index (χ0n) is 11.9. The van der Waals surface area contributed by atoms with Gasteiger partial charge in [0.1, 0.15) is 11.5 Å². The normalized spacial score (nSPS) is 20.2. The van der Waals surface area contributed by atoms with E-state index >= 15 is 0 Å². The predicted molar refractivity (Wildman–Crippen MR) is 74.7 cm³/mol. The minimum atomic E-state index is -0.0724. The Labute approximate surface area is 118 Å². The molecule has 2 heterocycles. The number of carbonyl (C=O) groups excluding carboxylic acids is 1. The molecule has 20 heavy (non-hydrogen) atoms. The molecular formula is C13H21N5O2. The molecule has 7 heteroatoms. The molecule has 1 saturated heterocycles. The molecule has 0 aliphatic carbocycles. The molecule has 1 atom stereocenters. The number of hydrogen-bond acceptors (Lipinski definition) is 4. The maximum absolute atomic E-state index is 12.6. The van der Waals surface area contributed by atoms with E-state index in [4.69, 9.17) is 10.9 Å². The molecule has 7 nitrogen and oxygen atoms in total. The summed E-state index contributed by atoms with van der Waals surface area (Å²) in [6.07, 6.45) is 1.69. The summed E-state index contributed by atoms with van der Waals surface area (Å²) in [5.41, 5.74) is 7.09. The van der Waals surface area contributed by atoms with Gasteiger partial charge in [-0.15, -0.1) is 0 Å². The second-order valence-corrected chi connectivity index (χ2v) is 5.10. The number of piperidine rings is 1. The summed E-state index contributed by atoms with van der Waals surface area (Å²) >= 11 is 0. The molecule has 1 aliphatic rings. The van der Waals surface area contributed by atoms with Gasteiger partial charge in [-0.3, -0.25) is 9.48 Å². The van der Waals surface area contributed by atoms with Gasteiger partial charge in [0.05, 0.1) is 5.69 Å². The van der Waals surface area contributed by atoms with Crippen LogP contribution in [0.1, 0.15) is 35.9 Å². The molecule has 3 N–H and O–H groups in total. The maximum Gasteiger partial charge on any atom is 0.272 e. The van der Waals surface area contributed by atoms with Crippen LogP contribution in [0.4, 0.5) is 0 Å². The summed E-state index contributed by atoms with van der Waals surface area (Å²) in [6, 6.07) is 1.80. The minimum Gasteiger partial charge on any atom is -0.409 e. The summed E-state index contributed by atoms with van der Waals surface area (Å²) in [4.78, 5) is 14.3. The Kier molecular flexibility index (Phi) is 4.26. The van der Waals surface area contributed by atoms with Crippen LogP contribution in [-0.2, 0) is 6.54 Å². The summed E-state index contributed by atoms with van der Waals surface area (Å²) in [5, 5.41) is 16.1. The van der Waals surface area contributed by atoms with Gasteiger partial charge in [-0.05, 0) is 32.8 Å². The van der Waals surface area contributed by atoms with Crippen molar-refractivity contribution in [3.8, 4) is 0 Å². The summed E-state index contributed by atoms with van der Waals surface area (Å²) in [6.45, 7) is 5.67. The van der Waals surface area contributed by atoms with Gasteiger partial charge in [0.15, 0.2) is 0 Å². The second kappa shape index (κ2) is 5.94. The lowest BCUT2D eigenvalue weighted by atomic mass is 9.97. The molecule has 1 unspecified atom stereocenters. The van der Waals surface area contributed by atoms with Crippen LogP contribution in [-0.4, -0.2) is 44.7 Å². The van der Waals surface area contributed by atoms with Gasteiger partial charge in [0.2, 0.25) is 0 Å². The molecule has 0 saturated carbocycles. The van der Waals surface area contributed by atoms with Crippen molar-refractivity contribution >= 4 is 11.7 Å². The number of rotatable bonds is 3. The van der Waals surface area contributed by atoms with Crippen LogP contribution in [0.3, 0.4) is 0 Å². The lowest BCUT2D eigenvalue weighted by Gasteiger charge is -2.32. The number of carbonyl (C=O) groups is 1. The summed E-state index contributed by atoms with van der Waals surface area (Å²) < 4.78 is 1.71. The first kappa shape index (κ1) is 14.4. The molecule has 0 spiro atoms. The van der Waals surface area contributed by atoms with Crippen molar-refractivity contribution in [2.24, 2.45) is 16.8 Å². The van der Waals surface area contributed by atoms with Crippen molar-refractivity contribution in [1.29, 1.82) is 0 Å². The van der Waals surface area contributed by atoms with E-state index in [1.54, 1.807) is 15.6 Å². The van der Waals surface area contributed by atoms with Crippen LogP contribution in [0.5, 0.6) is 0 Å². The van der Waals surface area contributed by atoms with Gasteiger partial charge in [0, 0.05) is 25.6 Å². The molecule has 1 aliphatic heterocycles. The Bertz CT molecular complexity index is 523. The number of hydrogen-bond donors (Lipinski definition) is 2. The lowest BCUT2D eigenvalue weighted by Crippen LogP contribution is -2.44.